The predicted octanol–water partition coefficient (Wildman–Crippen LogP) is 2.13. The maximum Gasteiger partial charge on any atom is 0.251 e. The molecule has 0 aromatic rings. The van der Waals surface area contributed by atoms with Crippen molar-refractivity contribution in [2.75, 3.05) is 32.7 Å². The number of carbonyl (C=O) groups excluding carboxylic acids is 1. The van der Waals surface area contributed by atoms with Crippen LogP contribution in [0.1, 0.15) is 47.5 Å². The first-order chi connectivity index (χ1) is 9.25. The zero-order valence-corrected chi connectivity index (χ0v) is 13.7. The summed E-state index contributed by atoms with van der Waals surface area (Å²) in [5.41, 5.74) is 0.244. The monoisotopic (exact) mass is 282 g/mol. The molecule has 0 aliphatic carbocycles. The third kappa shape index (κ3) is 3.53. The number of rotatable bonds is 2. The van der Waals surface area contributed by atoms with E-state index in [1.54, 1.807) is 0 Å². The molecule has 2 saturated heterocycles. The van der Waals surface area contributed by atoms with Crippen LogP contribution >= 0.6 is 0 Å². The quantitative estimate of drug-likeness (QED) is 0.778. The molecular weight excluding hydrogens is 252 g/mol. The van der Waals surface area contributed by atoms with Crippen molar-refractivity contribution >= 4 is 5.91 Å². The second-order valence-electron chi connectivity index (χ2n) is 7.63. The van der Waals surface area contributed by atoms with Gasteiger partial charge in [-0.2, -0.15) is 0 Å². The number of nitrogens with zero attached hydrogens (tertiary/aromatic N) is 2. The molecule has 0 aromatic carbocycles. The third-order valence-corrected chi connectivity index (χ3v) is 4.41. The van der Waals surface area contributed by atoms with Gasteiger partial charge in [0.2, 0.25) is 0 Å². The molecule has 20 heavy (non-hydrogen) atoms. The molecule has 1 spiro atoms. The highest BCUT2D eigenvalue weighted by molar-refractivity contribution is 5.81. The Balaban J connectivity index is 1.96. The molecule has 0 N–H and O–H groups in total. The molecule has 0 aromatic heterocycles. The number of ether oxygens (including phenoxy) is 1. The van der Waals surface area contributed by atoms with Crippen LogP contribution in [0.5, 0.6) is 0 Å². The van der Waals surface area contributed by atoms with E-state index < -0.39 is 0 Å². The first-order valence-electron chi connectivity index (χ1n) is 7.94. The van der Waals surface area contributed by atoms with Crippen molar-refractivity contribution in [3.05, 3.63) is 0 Å². The normalized spacial score (nSPS) is 28.1. The number of hydrogen-bond acceptors (Lipinski definition) is 3. The highest BCUT2D eigenvalue weighted by Gasteiger charge is 2.44. The minimum absolute atomic E-state index is 0.0995. The van der Waals surface area contributed by atoms with Gasteiger partial charge in [0.05, 0.1) is 5.60 Å². The van der Waals surface area contributed by atoms with Crippen molar-refractivity contribution in [2.45, 2.75) is 59.2 Å². The fourth-order valence-electron chi connectivity index (χ4n) is 3.48. The molecule has 2 heterocycles. The average Bonchev–Trinajstić information content (AvgIpc) is 2.35. The SMILES string of the molecule is CCN1CC2(CCN(CC(C)(C)C)CC2)OC(C)C1=O. The van der Waals surface area contributed by atoms with Crippen LogP contribution in [0.2, 0.25) is 0 Å². The van der Waals surface area contributed by atoms with Gasteiger partial charge in [0.1, 0.15) is 6.10 Å². The van der Waals surface area contributed by atoms with Gasteiger partial charge in [-0.25, -0.2) is 0 Å². The van der Waals surface area contributed by atoms with Crippen molar-refractivity contribution in [3.8, 4) is 0 Å². The summed E-state index contributed by atoms with van der Waals surface area (Å²) < 4.78 is 6.12. The lowest BCUT2D eigenvalue weighted by atomic mass is 9.87. The molecule has 2 rings (SSSR count). The highest BCUT2D eigenvalue weighted by atomic mass is 16.5. The van der Waals surface area contributed by atoms with Gasteiger partial charge in [-0.15, -0.1) is 0 Å². The van der Waals surface area contributed by atoms with Crippen LogP contribution < -0.4 is 0 Å². The number of morpholine rings is 1. The molecular formula is C16H30N2O2. The Morgan fingerprint density at radius 1 is 1.30 bits per heavy atom. The Kier molecular flexibility index (Phi) is 4.45. The lowest BCUT2D eigenvalue weighted by Crippen LogP contribution is -2.61. The molecule has 116 valence electrons. The van der Waals surface area contributed by atoms with Gasteiger partial charge in [-0.1, -0.05) is 20.8 Å². The van der Waals surface area contributed by atoms with Crippen molar-refractivity contribution in [3.63, 3.8) is 0 Å². The maximum atomic E-state index is 12.0. The minimum Gasteiger partial charge on any atom is -0.360 e. The number of piperidine rings is 1. The van der Waals surface area contributed by atoms with E-state index in [0.29, 0.717) is 5.41 Å². The zero-order valence-electron chi connectivity index (χ0n) is 13.7. The van der Waals surface area contributed by atoms with Crippen molar-refractivity contribution < 1.29 is 9.53 Å². The van der Waals surface area contributed by atoms with Gasteiger partial charge in [0.25, 0.3) is 5.91 Å². The van der Waals surface area contributed by atoms with Gasteiger partial charge in [-0.05, 0) is 32.1 Å². The number of hydrogen-bond donors (Lipinski definition) is 0. The lowest BCUT2D eigenvalue weighted by molar-refractivity contribution is -0.189. The number of likely N-dealkylation sites (tertiary alicyclic amines) is 1. The Morgan fingerprint density at radius 2 is 1.90 bits per heavy atom. The summed E-state index contributed by atoms with van der Waals surface area (Å²) in [5.74, 6) is 0.148. The molecule has 2 aliphatic rings. The number of carbonyl (C=O) groups is 1. The van der Waals surface area contributed by atoms with Gasteiger partial charge < -0.3 is 14.5 Å². The van der Waals surface area contributed by atoms with E-state index in [2.05, 4.69) is 32.6 Å². The molecule has 1 atom stereocenters. The smallest absolute Gasteiger partial charge is 0.251 e. The first kappa shape index (κ1) is 15.8. The second-order valence-corrected chi connectivity index (χ2v) is 7.63. The second kappa shape index (κ2) is 5.64. The molecule has 2 aliphatic heterocycles. The van der Waals surface area contributed by atoms with E-state index >= 15 is 0 Å². The van der Waals surface area contributed by atoms with Crippen LogP contribution in [0.4, 0.5) is 0 Å². The van der Waals surface area contributed by atoms with Gasteiger partial charge in [0.15, 0.2) is 0 Å². The van der Waals surface area contributed by atoms with Crippen LogP contribution in [0.3, 0.4) is 0 Å². The van der Waals surface area contributed by atoms with Crippen LogP contribution in [0.25, 0.3) is 0 Å². The summed E-state index contributed by atoms with van der Waals surface area (Å²) in [4.78, 5) is 16.5. The zero-order chi connectivity index (χ0) is 15.0. The number of likely N-dealkylation sites (N-methyl/N-ethyl adjacent to an activating group) is 1. The van der Waals surface area contributed by atoms with E-state index in [1.165, 1.54) is 0 Å². The predicted molar refractivity (Wildman–Crippen MR) is 80.7 cm³/mol. The minimum atomic E-state index is -0.280. The molecule has 0 saturated carbocycles. The lowest BCUT2D eigenvalue weighted by Gasteiger charge is -2.49. The molecule has 1 amide bonds. The van der Waals surface area contributed by atoms with Crippen molar-refractivity contribution in [2.24, 2.45) is 5.41 Å². The fourth-order valence-corrected chi connectivity index (χ4v) is 3.48. The summed E-state index contributed by atoms with van der Waals surface area (Å²) in [7, 11) is 0. The molecule has 0 radical (unpaired) electrons. The van der Waals surface area contributed by atoms with E-state index in [9.17, 15) is 4.79 Å². The standard InChI is InChI=1S/C16H30N2O2/c1-6-18-12-16(20-13(2)14(18)19)7-9-17(10-8-16)11-15(3,4)5/h13H,6-12H2,1-5H3. The molecule has 0 bridgehead atoms. The van der Waals surface area contributed by atoms with Crippen LogP contribution in [-0.2, 0) is 9.53 Å². The molecule has 4 heteroatoms. The van der Waals surface area contributed by atoms with Gasteiger partial charge >= 0.3 is 0 Å². The highest BCUT2D eigenvalue weighted by Crippen LogP contribution is 2.33. The van der Waals surface area contributed by atoms with Crippen molar-refractivity contribution in [1.29, 1.82) is 0 Å². The van der Waals surface area contributed by atoms with E-state index in [0.717, 1.165) is 45.6 Å². The number of amides is 1. The van der Waals surface area contributed by atoms with Crippen LogP contribution in [0, 0.1) is 5.41 Å². The first-order valence-corrected chi connectivity index (χ1v) is 7.94. The summed E-state index contributed by atoms with van der Waals surface area (Å²) in [5, 5.41) is 0. The Hall–Kier alpha value is -0.610. The maximum absolute atomic E-state index is 12.0. The average molecular weight is 282 g/mol. The van der Waals surface area contributed by atoms with E-state index in [1.807, 2.05) is 11.8 Å². The Bertz CT molecular complexity index is 354. The molecule has 1 unspecified atom stereocenters. The summed E-state index contributed by atoms with van der Waals surface area (Å²) in [6.45, 7) is 15.7. The summed E-state index contributed by atoms with van der Waals surface area (Å²) >= 11 is 0. The van der Waals surface area contributed by atoms with Gasteiger partial charge in [0, 0.05) is 32.7 Å². The molecule has 4 nitrogen and oxygen atoms in total. The van der Waals surface area contributed by atoms with E-state index in [-0.39, 0.29) is 17.6 Å². The summed E-state index contributed by atoms with van der Waals surface area (Å²) in [6, 6.07) is 0. The van der Waals surface area contributed by atoms with Gasteiger partial charge in [-0.3, -0.25) is 4.79 Å². The molecule has 2 fully saturated rings. The summed E-state index contributed by atoms with van der Waals surface area (Å²) in [6.07, 6.45) is 1.80. The van der Waals surface area contributed by atoms with E-state index in [4.69, 9.17) is 4.74 Å². The third-order valence-electron chi connectivity index (χ3n) is 4.41. The van der Waals surface area contributed by atoms with Crippen LogP contribution in [-0.4, -0.2) is 60.1 Å². The topological polar surface area (TPSA) is 32.8 Å². The Labute approximate surface area is 123 Å². The van der Waals surface area contributed by atoms with Crippen LogP contribution in [0.15, 0.2) is 0 Å². The Morgan fingerprint density at radius 3 is 2.40 bits per heavy atom. The fraction of sp³-hybridized carbons (Fsp3) is 0.938. The van der Waals surface area contributed by atoms with Crippen molar-refractivity contribution in [1.82, 2.24) is 9.80 Å². The largest absolute Gasteiger partial charge is 0.360 e.